The first-order valence-electron chi connectivity index (χ1n) is 6.48. The molecule has 0 saturated carbocycles. The molecule has 1 aromatic rings. The number of hydrogen-bond acceptors (Lipinski definition) is 3. The van der Waals surface area contributed by atoms with Crippen LogP contribution >= 0.6 is 15.9 Å². The fourth-order valence-electron chi connectivity index (χ4n) is 2.25. The summed E-state index contributed by atoms with van der Waals surface area (Å²) in [5.41, 5.74) is 0. The van der Waals surface area contributed by atoms with Gasteiger partial charge in [-0.05, 0) is 37.1 Å². The predicted octanol–water partition coefficient (Wildman–Crippen LogP) is 2.29. The maximum atomic E-state index is 12.0. The van der Waals surface area contributed by atoms with E-state index in [2.05, 4.69) is 15.9 Å². The molecule has 1 saturated heterocycles. The van der Waals surface area contributed by atoms with Crippen molar-refractivity contribution in [3.05, 3.63) is 28.7 Å². The van der Waals surface area contributed by atoms with E-state index in [0.717, 1.165) is 10.9 Å². The van der Waals surface area contributed by atoms with Gasteiger partial charge in [0.15, 0.2) is 0 Å². The summed E-state index contributed by atoms with van der Waals surface area (Å²) in [7, 11) is 0. The standard InChI is InChI=1S/C14H16BrNO4/c15-10-3-5-11(6-4-10)20-9-7-13(17)16-8-1-2-12(16)14(18)19/h3-6,12H,1-2,7-9H2,(H,18,19). The number of carboxylic acids is 1. The number of carbonyl (C=O) groups excluding carboxylic acids is 1. The molecule has 0 aromatic heterocycles. The Morgan fingerprint density at radius 2 is 2.05 bits per heavy atom. The average molecular weight is 342 g/mol. The maximum Gasteiger partial charge on any atom is 0.326 e. The van der Waals surface area contributed by atoms with Crippen LogP contribution in [0.25, 0.3) is 0 Å². The van der Waals surface area contributed by atoms with Crippen LogP contribution in [-0.4, -0.2) is 41.1 Å². The molecule has 1 aliphatic rings. The average Bonchev–Trinajstić information content (AvgIpc) is 2.90. The monoisotopic (exact) mass is 341 g/mol. The molecule has 0 bridgehead atoms. The van der Waals surface area contributed by atoms with E-state index >= 15 is 0 Å². The highest BCUT2D eigenvalue weighted by atomic mass is 79.9. The van der Waals surface area contributed by atoms with E-state index in [9.17, 15) is 9.59 Å². The Balaban J connectivity index is 1.80. The Labute approximate surface area is 125 Å². The number of carbonyl (C=O) groups is 2. The summed E-state index contributed by atoms with van der Waals surface area (Å²) in [5, 5.41) is 9.03. The molecule has 1 aliphatic heterocycles. The first kappa shape index (κ1) is 14.8. The number of ether oxygens (including phenoxy) is 1. The SMILES string of the molecule is O=C(O)C1CCCN1C(=O)CCOc1ccc(Br)cc1. The zero-order chi connectivity index (χ0) is 14.5. The smallest absolute Gasteiger partial charge is 0.326 e. The second kappa shape index (κ2) is 6.74. The van der Waals surface area contributed by atoms with Gasteiger partial charge in [-0.1, -0.05) is 15.9 Å². The van der Waals surface area contributed by atoms with Crippen LogP contribution in [0.4, 0.5) is 0 Å². The van der Waals surface area contributed by atoms with Crippen molar-refractivity contribution in [2.75, 3.05) is 13.2 Å². The van der Waals surface area contributed by atoms with Crippen LogP contribution in [-0.2, 0) is 9.59 Å². The molecular formula is C14H16BrNO4. The third kappa shape index (κ3) is 3.72. The topological polar surface area (TPSA) is 66.8 Å². The summed E-state index contributed by atoms with van der Waals surface area (Å²) in [5.74, 6) is -0.395. The molecule has 6 heteroatoms. The van der Waals surface area contributed by atoms with Crippen molar-refractivity contribution in [1.82, 2.24) is 4.90 Å². The molecule has 1 aromatic carbocycles. The summed E-state index contributed by atoms with van der Waals surface area (Å²) in [6.07, 6.45) is 1.48. The molecule has 1 fully saturated rings. The Hall–Kier alpha value is -1.56. The van der Waals surface area contributed by atoms with Gasteiger partial charge in [0.25, 0.3) is 0 Å². The molecule has 0 aliphatic carbocycles. The van der Waals surface area contributed by atoms with Crippen molar-refractivity contribution in [2.45, 2.75) is 25.3 Å². The number of halogens is 1. The zero-order valence-corrected chi connectivity index (χ0v) is 12.5. The largest absolute Gasteiger partial charge is 0.493 e. The van der Waals surface area contributed by atoms with E-state index in [-0.39, 0.29) is 18.9 Å². The third-order valence-electron chi connectivity index (χ3n) is 3.26. The fourth-order valence-corrected chi connectivity index (χ4v) is 2.52. The van der Waals surface area contributed by atoms with Gasteiger partial charge >= 0.3 is 5.97 Å². The van der Waals surface area contributed by atoms with E-state index in [1.165, 1.54) is 4.90 Å². The number of aliphatic carboxylic acids is 1. The van der Waals surface area contributed by atoms with Crippen LogP contribution in [0.3, 0.4) is 0 Å². The van der Waals surface area contributed by atoms with Crippen molar-refractivity contribution in [3.8, 4) is 5.75 Å². The van der Waals surface area contributed by atoms with E-state index in [4.69, 9.17) is 9.84 Å². The summed E-state index contributed by atoms with van der Waals surface area (Å²) < 4.78 is 6.43. The summed E-state index contributed by atoms with van der Waals surface area (Å²) >= 11 is 3.33. The molecular weight excluding hydrogens is 326 g/mol. The number of carboxylic acid groups (broad SMARTS) is 1. The minimum atomic E-state index is -0.926. The Bertz CT molecular complexity index is 488. The van der Waals surface area contributed by atoms with Gasteiger partial charge in [0, 0.05) is 11.0 Å². The van der Waals surface area contributed by atoms with Crippen LogP contribution in [0.2, 0.25) is 0 Å². The van der Waals surface area contributed by atoms with Gasteiger partial charge in [-0.15, -0.1) is 0 Å². The first-order chi connectivity index (χ1) is 9.58. The normalized spacial score (nSPS) is 18.1. The molecule has 108 valence electrons. The molecule has 0 spiro atoms. The Kier molecular flexibility index (Phi) is 5.00. The lowest BCUT2D eigenvalue weighted by molar-refractivity contribution is -0.148. The molecule has 2 rings (SSSR count). The van der Waals surface area contributed by atoms with Gasteiger partial charge in [0.2, 0.25) is 5.91 Å². The zero-order valence-electron chi connectivity index (χ0n) is 10.9. The second-order valence-electron chi connectivity index (χ2n) is 4.64. The van der Waals surface area contributed by atoms with Crippen molar-refractivity contribution in [3.63, 3.8) is 0 Å². The molecule has 1 amide bonds. The van der Waals surface area contributed by atoms with E-state index in [1.807, 2.05) is 24.3 Å². The van der Waals surface area contributed by atoms with Gasteiger partial charge < -0.3 is 14.7 Å². The van der Waals surface area contributed by atoms with E-state index in [0.29, 0.717) is 18.7 Å². The minimum Gasteiger partial charge on any atom is -0.493 e. The molecule has 1 heterocycles. The molecule has 0 radical (unpaired) electrons. The lowest BCUT2D eigenvalue weighted by Gasteiger charge is -2.21. The summed E-state index contributed by atoms with van der Waals surface area (Å²) in [6.45, 7) is 0.775. The van der Waals surface area contributed by atoms with Crippen molar-refractivity contribution in [1.29, 1.82) is 0 Å². The molecule has 1 N–H and O–H groups in total. The number of hydrogen-bond donors (Lipinski definition) is 1. The number of rotatable bonds is 5. The molecule has 1 atom stereocenters. The van der Waals surface area contributed by atoms with Crippen LogP contribution < -0.4 is 4.74 Å². The quantitative estimate of drug-likeness (QED) is 0.892. The van der Waals surface area contributed by atoms with Crippen LogP contribution in [0.15, 0.2) is 28.7 Å². The Morgan fingerprint density at radius 3 is 2.70 bits per heavy atom. The van der Waals surface area contributed by atoms with Crippen molar-refractivity contribution in [2.24, 2.45) is 0 Å². The van der Waals surface area contributed by atoms with E-state index in [1.54, 1.807) is 0 Å². The van der Waals surface area contributed by atoms with Gasteiger partial charge in [-0.25, -0.2) is 4.79 Å². The highest BCUT2D eigenvalue weighted by Gasteiger charge is 2.33. The van der Waals surface area contributed by atoms with Gasteiger partial charge in [-0.2, -0.15) is 0 Å². The lowest BCUT2D eigenvalue weighted by atomic mass is 10.2. The number of amides is 1. The van der Waals surface area contributed by atoms with Crippen molar-refractivity contribution < 1.29 is 19.4 Å². The highest BCUT2D eigenvalue weighted by Crippen LogP contribution is 2.19. The first-order valence-corrected chi connectivity index (χ1v) is 7.28. The number of likely N-dealkylation sites (tertiary alicyclic amines) is 1. The third-order valence-corrected chi connectivity index (χ3v) is 3.79. The van der Waals surface area contributed by atoms with E-state index < -0.39 is 12.0 Å². The number of benzene rings is 1. The Morgan fingerprint density at radius 1 is 1.35 bits per heavy atom. The minimum absolute atomic E-state index is 0.160. The van der Waals surface area contributed by atoms with Gasteiger partial charge in [0.1, 0.15) is 11.8 Å². The highest BCUT2D eigenvalue weighted by molar-refractivity contribution is 9.10. The van der Waals surface area contributed by atoms with Gasteiger partial charge in [0.05, 0.1) is 13.0 Å². The van der Waals surface area contributed by atoms with Gasteiger partial charge in [-0.3, -0.25) is 4.79 Å². The lowest BCUT2D eigenvalue weighted by Crippen LogP contribution is -2.40. The fraction of sp³-hybridized carbons (Fsp3) is 0.429. The van der Waals surface area contributed by atoms with Crippen LogP contribution in [0.1, 0.15) is 19.3 Å². The van der Waals surface area contributed by atoms with Crippen LogP contribution in [0, 0.1) is 0 Å². The van der Waals surface area contributed by atoms with Crippen LogP contribution in [0.5, 0.6) is 5.75 Å². The number of nitrogens with zero attached hydrogens (tertiary/aromatic N) is 1. The summed E-state index contributed by atoms with van der Waals surface area (Å²) in [6, 6.07) is 6.67. The maximum absolute atomic E-state index is 12.0. The molecule has 5 nitrogen and oxygen atoms in total. The predicted molar refractivity (Wildman–Crippen MR) is 76.6 cm³/mol. The molecule has 1 unspecified atom stereocenters. The second-order valence-corrected chi connectivity index (χ2v) is 5.55. The van der Waals surface area contributed by atoms with Crippen molar-refractivity contribution >= 4 is 27.8 Å². The summed E-state index contributed by atoms with van der Waals surface area (Å²) in [4.78, 5) is 24.4. The molecule has 20 heavy (non-hydrogen) atoms.